The van der Waals surface area contributed by atoms with E-state index < -0.39 is 23.8 Å². The number of ether oxygens (including phenoxy) is 1. The van der Waals surface area contributed by atoms with Crippen molar-refractivity contribution in [3.63, 3.8) is 0 Å². The number of hydrogen-bond donors (Lipinski definition) is 3. The number of nitrogens with zero attached hydrogens (tertiary/aromatic N) is 1. The van der Waals surface area contributed by atoms with E-state index >= 15 is 0 Å². The number of carboxylic acid groups (broad SMARTS) is 1. The van der Waals surface area contributed by atoms with Gasteiger partial charge in [0.25, 0.3) is 5.91 Å². The van der Waals surface area contributed by atoms with Crippen LogP contribution in [0, 0.1) is 5.92 Å². The van der Waals surface area contributed by atoms with Crippen LogP contribution in [0.15, 0.2) is 48.8 Å². The molecule has 2 amide bonds. The summed E-state index contributed by atoms with van der Waals surface area (Å²) in [5.41, 5.74) is 1.34. The fraction of sp³-hybridized carbons (Fsp3) is 0.333. The molecule has 154 valence electrons. The monoisotopic (exact) mass is 399 g/mol. The number of aliphatic carboxylic acids is 1. The van der Waals surface area contributed by atoms with E-state index in [0.717, 1.165) is 5.56 Å². The predicted octanol–water partition coefficient (Wildman–Crippen LogP) is 2.01. The van der Waals surface area contributed by atoms with Crippen molar-refractivity contribution in [2.45, 2.75) is 32.9 Å². The molecule has 0 unspecified atom stereocenters. The largest absolute Gasteiger partial charge is 0.489 e. The third-order valence-electron chi connectivity index (χ3n) is 4.02. The van der Waals surface area contributed by atoms with Gasteiger partial charge in [0.15, 0.2) is 0 Å². The Morgan fingerprint density at radius 1 is 1.07 bits per heavy atom. The van der Waals surface area contributed by atoms with Gasteiger partial charge < -0.3 is 20.5 Å². The average molecular weight is 399 g/mol. The van der Waals surface area contributed by atoms with Crippen LogP contribution in [0.2, 0.25) is 0 Å². The Labute approximate surface area is 169 Å². The molecule has 8 heteroatoms. The van der Waals surface area contributed by atoms with Crippen LogP contribution in [0.3, 0.4) is 0 Å². The fourth-order valence-electron chi connectivity index (χ4n) is 2.55. The summed E-state index contributed by atoms with van der Waals surface area (Å²) in [5.74, 6) is -1.36. The highest BCUT2D eigenvalue weighted by atomic mass is 16.5. The lowest BCUT2D eigenvalue weighted by Gasteiger charge is -2.16. The Balaban J connectivity index is 1.81. The predicted molar refractivity (Wildman–Crippen MR) is 106 cm³/mol. The lowest BCUT2D eigenvalue weighted by Crippen LogP contribution is -2.46. The first-order valence-corrected chi connectivity index (χ1v) is 9.27. The molecule has 1 heterocycles. The molecule has 3 N–H and O–H groups in total. The third kappa shape index (κ3) is 7.61. The van der Waals surface area contributed by atoms with Gasteiger partial charge in [-0.25, -0.2) is 4.79 Å². The van der Waals surface area contributed by atoms with Gasteiger partial charge in [-0.3, -0.25) is 14.6 Å². The molecule has 8 nitrogen and oxygen atoms in total. The van der Waals surface area contributed by atoms with E-state index in [-0.39, 0.29) is 12.5 Å². The maximum Gasteiger partial charge on any atom is 0.326 e. The van der Waals surface area contributed by atoms with Crippen molar-refractivity contribution in [1.82, 2.24) is 15.6 Å². The SMILES string of the molecule is CC(C)C[C@H](NC(=O)CNC(=O)c1ccc(OCc2ccncc2)cc1)C(=O)O. The highest BCUT2D eigenvalue weighted by molar-refractivity contribution is 5.96. The molecule has 0 aliphatic heterocycles. The summed E-state index contributed by atoms with van der Waals surface area (Å²) < 4.78 is 5.64. The molecule has 2 rings (SSSR count). The molecule has 0 aliphatic carbocycles. The minimum Gasteiger partial charge on any atom is -0.489 e. The maximum absolute atomic E-state index is 12.2. The van der Waals surface area contributed by atoms with Gasteiger partial charge in [-0.2, -0.15) is 0 Å². The quantitative estimate of drug-likeness (QED) is 0.563. The highest BCUT2D eigenvalue weighted by Crippen LogP contribution is 2.14. The summed E-state index contributed by atoms with van der Waals surface area (Å²) in [6.45, 7) is 3.82. The zero-order valence-corrected chi connectivity index (χ0v) is 16.4. The maximum atomic E-state index is 12.2. The molecule has 0 fully saturated rings. The van der Waals surface area contributed by atoms with Crippen LogP contribution in [0.25, 0.3) is 0 Å². The second kappa shape index (κ2) is 10.8. The first-order valence-electron chi connectivity index (χ1n) is 9.27. The molecular formula is C21H25N3O5. The number of hydrogen-bond acceptors (Lipinski definition) is 5. The van der Waals surface area contributed by atoms with Crippen LogP contribution in [-0.2, 0) is 16.2 Å². The molecule has 2 aromatic rings. The lowest BCUT2D eigenvalue weighted by atomic mass is 10.0. The van der Waals surface area contributed by atoms with Gasteiger partial charge in [0.2, 0.25) is 5.91 Å². The average Bonchev–Trinajstić information content (AvgIpc) is 2.70. The van der Waals surface area contributed by atoms with E-state index in [1.807, 2.05) is 26.0 Å². The number of aromatic nitrogens is 1. The summed E-state index contributed by atoms with van der Waals surface area (Å²) in [5, 5.41) is 14.1. The summed E-state index contributed by atoms with van der Waals surface area (Å²) in [6, 6.07) is 9.24. The molecular weight excluding hydrogens is 374 g/mol. The van der Waals surface area contributed by atoms with Gasteiger partial charge in [-0.1, -0.05) is 13.8 Å². The van der Waals surface area contributed by atoms with E-state index in [4.69, 9.17) is 9.84 Å². The number of carboxylic acids is 1. The molecule has 0 aliphatic rings. The number of carbonyl (C=O) groups excluding carboxylic acids is 2. The van der Waals surface area contributed by atoms with Gasteiger partial charge >= 0.3 is 5.97 Å². The van der Waals surface area contributed by atoms with Crippen LogP contribution in [0.1, 0.15) is 36.2 Å². The normalized spacial score (nSPS) is 11.6. The number of pyridine rings is 1. The number of benzene rings is 1. The van der Waals surface area contributed by atoms with E-state index in [1.54, 1.807) is 36.7 Å². The molecule has 1 aromatic carbocycles. The minimum absolute atomic E-state index is 0.116. The number of carbonyl (C=O) groups is 3. The van der Waals surface area contributed by atoms with Crippen molar-refractivity contribution in [3.8, 4) is 5.75 Å². The Morgan fingerprint density at radius 3 is 2.31 bits per heavy atom. The Morgan fingerprint density at radius 2 is 1.72 bits per heavy atom. The van der Waals surface area contributed by atoms with Crippen molar-refractivity contribution in [2.24, 2.45) is 5.92 Å². The smallest absolute Gasteiger partial charge is 0.326 e. The van der Waals surface area contributed by atoms with Crippen molar-refractivity contribution in [3.05, 3.63) is 59.9 Å². The molecule has 0 spiro atoms. The molecule has 0 radical (unpaired) electrons. The molecule has 0 saturated heterocycles. The topological polar surface area (TPSA) is 118 Å². The Hall–Kier alpha value is -3.42. The Bertz CT molecular complexity index is 822. The van der Waals surface area contributed by atoms with Crippen LogP contribution in [-0.4, -0.2) is 40.5 Å². The minimum atomic E-state index is -1.10. The van der Waals surface area contributed by atoms with Gasteiger partial charge in [-0.15, -0.1) is 0 Å². The third-order valence-corrected chi connectivity index (χ3v) is 4.02. The van der Waals surface area contributed by atoms with Crippen molar-refractivity contribution in [1.29, 1.82) is 0 Å². The number of amides is 2. The van der Waals surface area contributed by atoms with E-state index in [0.29, 0.717) is 24.3 Å². The van der Waals surface area contributed by atoms with Crippen LogP contribution >= 0.6 is 0 Å². The van der Waals surface area contributed by atoms with Gasteiger partial charge in [0, 0.05) is 18.0 Å². The molecule has 1 aromatic heterocycles. The first-order chi connectivity index (χ1) is 13.8. The van der Waals surface area contributed by atoms with Gasteiger partial charge in [0.05, 0.1) is 6.54 Å². The zero-order valence-electron chi connectivity index (χ0n) is 16.4. The van der Waals surface area contributed by atoms with Crippen LogP contribution < -0.4 is 15.4 Å². The van der Waals surface area contributed by atoms with E-state index in [9.17, 15) is 14.4 Å². The van der Waals surface area contributed by atoms with Crippen LogP contribution in [0.4, 0.5) is 0 Å². The number of nitrogens with one attached hydrogen (secondary N) is 2. The van der Waals surface area contributed by atoms with Crippen LogP contribution in [0.5, 0.6) is 5.75 Å². The van der Waals surface area contributed by atoms with Crippen molar-refractivity contribution < 1.29 is 24.2 Å². The van der Waals surface area contributed by atoms with Gasteiger partial charge in [-0.05, 0) is 54.3 Å². The summed E-state index contributed by atoms with van der Waals surface area (Å²) in [6.07, 6.45) is 3.68. The first kappa shape index (κ1) is 21.9. The lowest BCUT2D eigenvalue weighted by molar-refractivity contribution is -0.142. The highest BCUT2D eigenvalue weighted by Gasteiger charge is 2.21. The number of rotatable bonds is 10. The summed E-state index contributed by atoms with van der Waals surface area (Å²) in [7, 11) is 0. The van der Waals surface area contributed by atoms with E-state index in [2.05, 4.69) is 15.6 Å². The van der Waals surface area contributed by atoms with Crippen molar-refractivity contribution in [2.75, 3.05) is 6.54 Å². The molecule has 29 heavy (non-hydrogen) atoms. The van der Waals surface area contributed by atoms with Gasteiger partial charge in [0.1, 0.15) is 18.4 Å². The second-order valence-electron chi connectivity index (χ2n) is 6.94. The zero-order chi connectivity index (χ0) is 21.2. The summed E-state index contributed by atoms with van der Waals surface area (Å²) in [4.78, 5) is 39.2. The Kier molecular flexibility index (Phi) is 8.14. The standard InChI is InChI=1S/C21H25N3O5/c1-14(2)11-18(21(27)28)24-19(25)12-23-20(26)16-3-5-17(6-4-16)29-13-15-7-9-22-10-8-15/h3-10,14,18H,11-13H2,1-2H3,(H,23,26)(H,24,25)(H,27,28)/t18-/m0/s1. The molecule has 0 bridgehead atoms. The fourth-order valence-corrected chi connectivity index (χ4v) is 2.55. The second-order valence-corrected chi connectivity index (χ2v) is 6.94. The van der Waals surface area contributed by atoms with Crippen molar-refractivity contribution >= 4 is 17.8 Å². The molecule has 0 saturated carbocycles. The molecule has 1 atom stereocenters. The summed E-state index contributed by atoms with van der Waals surface area (Å²) >= 11 is 0. The van der Waals surface area contributed by atoms with E-state index in [1.165, 1.54) is 0 Å².